The van der Waals surface area contributed by atoms with Crippen LogP contribution in [-0.4, -0.2) is 18.1 Å². The highest BCUT2D eigenvalue weighted by Gasteiger charge is 2.14. The van der Waals surface area contributed by atoms with Gasteiger partial charge < -0.3 is 10.1 Å². The fraction of sp³-hybridized carbons (Fsp3) is 0.562. The van der Waals surface area contributed by atoms with Crippen LogP contribution in [0.25, 0.3) is 0 Å². The van der Waals surface area contributed by atoms with Gasteiger partial charge >= 0.3 is 0 Å². The lowest BCUT2D eigenvalue weighted by atomic mass is 9.97. The standard InChI is InChI=1S/C16H25NO2/c1-15(2,3)11-17-14(18)12-7-9-13(10-8-12)19-16(4,5)6/h7-10H,11H2,1-6H3,(H,17,18). The molecule has 0 aliphatic carbocycles. The quantitative estimate of drug-likeness (QED) is 0.904. The number of hydrogen-bond acceptors (Lipinski definition) is 2. The summed E-state index contributed by atoms with van der Waals surface area (Å²) in [4.78, 5) is 11.9. The molecule has 3 heteroatoms. The van der Waals surface area contributed by atoms with Crippen LogP contribution in [0.3, 0.4) is 0 Å². The van der Waals surface area contributed by atoms with E-state index in [1.54, 1.807) is 12.1 Å². The SMILES string of the molecule is CC(C)(C)CNC(=O)c1ccc(OC(C)(C)C)cc1. The summed E-state index contributed by atoms with van der Waals surface area (Å²) in [5.74, 6) is 0.733. The van der Waals surface area contributed by atoms with Crippen molar-refractivity contribution in [3.8, 4) is 5.75 Å². The monoisotopic (exact) mass is 263 g/mol. The Bertz CT molecular complexity index is 422. The van der Waals surface area contributed by atoms with Gasteiger partial charge in [-0.15, -0.1) is 0 Å². The van der Waals surface area contributed by atoms with Gasteiger partial charge in [-0.25, -0.2) is 0 Å². The highest BCUT2D eigenvalue weighted by molar-refractivity contribution is 5.94. The van der Waals surface area contributed by atoms with Crippen molar-refractivity contribution in [1.29, 1.82) is 0 Å². The van der Waals surface area contributed by atoms with E-state index < -0.39 is 0 Å². The highest BCUT2D eigenvalue weighted by Crippen LogP contribution is 2.18. The Hall–Kier alpha value is -1.51. The van der Waals surface area contributed by atoms with Gasteiger partial charge in [0.05, 0.1) is 0 Å². The van der Waals surface area contributed by atoms with Gasteiger partial charge in [0.25, 0.3) is 5.91 Å². The van der Waals surface area contributed by atoms with Crippen molar-refractivity contribution in [3.63, 3.8) is 0 Å². The lowest BCUT2D eigenvalue weighted by Crippen LogP contribution is -2.32. The molecule has 0 heterocycles. The third-order valence-corrected chi connectivity index (χ3v) is 2.32. The number of benzene rings is 1. The zero-order valence-electron chi connectivity index (χ0n) is 12.8. The molecular weight excluding hydrogens is 238 g/mol. The minimum atomic E-state index is -0.226. The van der Waals surface area contributed by atoms with Gasteiger partial charge in [-0.1, -0.05) is 20.8 Å². The second-order valence-electron chi connectivity index (χ2n) is 6.98. The zero-order chi connectivity index (χ0) is 14.7. The molecule has 19 heavy (non-hydrogen) atoms. The molecule has 1 aromatic rings. The topological polar surface area (TPSA) is 38.3 Å². The predicted octanol–water partition coefficient (Wildman–Crippen LogP) is 3.64. The minimum Gasteiger partial charge on any atom is -0.488 e. The number of amides is 1. The lowest BCUT2D eigenvalue weighted by molar-refractivity contribution is 0.0939. The minimum absolute atomic E-state index is 0.0442. The Morgan fingerprint density at radius 3 is 2.00 bits per heavy atom. The second-order valence-corrected chi connectivity index (χ2v) is 6.98. The molecule has 0 spiro atoms. The Morgan fingerprint density at radius 2 is 1.58 bits per heavy atom. The van der Waals surface area contributed by atoms with Crippen LogP contribution in [-0.2, 0) is 0 Å². The molecule has 3 nitrogen and oxygen atoms in total. The van der Waals surface area contributed by atoms with Gasteiger partial charge in [-0.2, -0.15) is 0 Å². The Balaban J connectivity index is 2.63. The number of nitrogens with one attached hydrogen (secondary N) is 1. The molecule has 1 amide bonds. The molecule has 1 rings (SSSR count). The molecule has 1 N–H and O–H groups in total. The molecule has 0 fully saturated rings. The average Bonchev–Trinajstić information content (AvgIpc) is 2.23. The van der Waals surface area contributed by atoms with E-state index in [-0.39, 0.29) is 16.9 Å². The summed E-state index contributed by atoms with van der Waals surface area (Å²) in [7, 11) is 0. The number of rotatable bonds is 3. The molecular formula is C16H25NO2. The van der Waals surface area contributed by atoms with E-state index in [4.69, 9.17) is 4.74 Å². The van der Waals surface area contributed by atoms with E-state index in [2.05, 4.69) is 26.1 Å². The smallest absolute Gasteiger partial charge is 0.251 e. The third-order valence-electron chi connectivity index (χ3n) is 2.32. The van der Waals surface area contributed by atoms with Crippen molar-refractivity contribution in [2.24, 2.45) is 5.41 Å². The third kappa shape index (κ3) is 6.27. The molecule has 0 unspecified atom stereocenters. The van der Waals surface area contributed by atoms with Crippen LogP contribution in [0.5, 0.6) is 5.75 Å². The first-order chi connectivity index (χ1) is 8.57. The summed E-state index contributed by atoms with van der Waals surface area (Å²) in [5.41, 5.74) is 0.520. The first kappa shape index (κ1) is 15.5. The van der Waals surface area contributed by atoms with Crippen LogP contribution in [0.15, 0.2) is 24.3 Å². The molecule has 0 aliphatic heterocycles. The normalized spacial score (nSPS) is 12.1. The van der Waals surface area contributed by atoms with Crippen LogP contribution in [0, 0.1) is 5.41 Å². The van der Waals surface area contributed by atoms with E-state index in [9.17, 15) is 4.79 Å². The van der Waals surface area contributed by atoms with E-state index in [0.717, 1.165) is 5.75 Å². The molecule has 0 aliphatic rings. The fourth-order valence-electron chi connectivity index (χ4n) is 1.48. The Morgan fingerprint density at radius 1 is 1.05 bits per heavy atom. The van der Waals surface area contributed by atoms with Crippen molar-refractivity contribution in [3.05, 3.63) is 29.8 Å². The van der Waals surface area contributed by atoms with Gasteiger partial charge in [0.15, 0.2) is 0 Å². The first-order valence-corrected chi connectivity index (χ1v) is 6.64. The molecule has 0 atom stereocenters. The van der Waals surface area contributed by atoms with Gasteiger partial charge in [0, 0.05) is 12.1 Å². The van der Waals surface area contributed by atoms with Crippen LogP contribution in [0.4, 0.5) is 0 Å². The molecule has 0 saturated heterocycles. The number of carbonyl (C=O) groups excluding carboxylic acids is 1. The predicted molar refractivity (Wildman–Crippen MR) is 78.6 cm³/mol. The largest absolute Gasteiger partial charge is 0.488 e. The highest BCUT2D eigenvalue weighted by atomic mass is 16.5. The zero-order valence-corrected chi connectivity index (χ0v) is 12.8. The van der Waals surface area contributed by atoms with Crippen LogP contribution in [0.2, 0.25) is 0 Å². The molecule has 1 aromatic carbocycles. The van der Waals surface area contributed by atoms with E-state index in [0.29, 0.717) is 12.1 Å². The Labute approximate surface area is 116 Å². The Kier molecular flexibility index (Phi) is 4.61. The molecule has 0 radical (unpaired) electrons. The number of carbonyl (C=O) groups is 1. The van der Waals surface area contributed by atoms with Crippen molar-refractivity contribution in [2.45, 2.75) is 47.1 Å². The summed E-state index contributed by atoms with van der Waals surface area (Å²) < 4.78 is 5.72. The van der Waals surface area contributed by atoms with Crippen LogP contribution < -0.4 is 10.1 Å². The summed E-state index contributed by atoms with van der Waals surface area (Å²) >= 11 is 0. The van der Waals surface area contributed by atoms with Crippen molar-refractivity contribution < 1.29 is 9.53 Å². The van der Waals surface area contributed by atoms with E-state index >= 15 is 0 Å². The van der Waals surface area contributed by atoms with Crippen LogP contribution in [0.1, 0.15) is 51.9 Å². The van der Waals surface area contributed by atoms with Gasteiger partial charge in [0.1, 0.15) is 11.4 Å². The van der Waals surface area contributed by atoms with Gasteiger partial charge in [-0.05, 0) is 50.5 Å². The maximum absolute atomic E-state index is 11.9. The van der Waals surface area contributed by atoms with E-state index in [1.165, 1.54) is 0 Å². The number of hydrogen-bond donors (Lipinski definition) is 1. The maximum Gasteiger partial charge on any atom is 0.251 e. The molecule has 106 valence electrons. The molecule has 0 aromatic heterocycles. The van der Waals surface area contributed by atoms with Gasteiger partial charge in [0.2, 0.25) is 0 Å². The molecule has 0 saturated carbocycles. The summed E-state index contributed by atoms with van der Waals surface area (Å²) in [6.45, 7) is 12.9. The van der Waals surface area contributed by atoms with Gasteiger partial charge in [-0.3, -0.25) is 4.79 Å². The summed E-state index contributed by atoms with van der Waals surface area (Å²) in [6, 6.07) is 7.24. The first-order valence-electron chi connectivity index (χ1n) is 6.64. The van der Waals surface area contributed by atoms with Crippen molar-refractivity contribution in [1.82, 2.24) is 5.32 Å². The van der Waals surface area contributed by atoms with E-state index in [1.807, 2.05) is 32.9 Å². The van der Waals surface area contributed by atoms with Crippen molar-refractivity contribution >= 4 is 5.91 Å². The average molecular weight is 263 g/mol. The summed E-state index contributed by atoms with van der Waals surface area (Å²) in [5, 5.41) is 2.93. The lowest BCUT2D eigenvalue weighted by Gasteiger charge is -2.21. The molecule has 0 bridgehead atoms. The second kappa shape index (κ2) is 5.64. The number of ether oxygens (including phenoxy) is 1. The fourth-order valence-corrected chi connectivity index (χ4v) is 1.48. The van der Waals surface area contributed by atoms with Crippen LogP contribution >= 0.6 is 0 Å². The van der Waals surface area contributed by atoms with Crippen molar-refractivity contribution in [2.75, 3.05) is 6.54 Å². The summed E-state index contributed by atoms with van der Waals surface area (Å²) in [6.07, 6.45) is 0. The maximum atomic E-state index is 11.9.